The number of benzene rings is 1. The van der Waals surface area contributed by atoms with Gasteiger partial charge >= 0.3 is 5.97 Å². The fourth-order valence-corrected chi connectivity index (χ4v) is 2.00. The predicted octanol–water partition coefficient (Wildman–Crippen LogP) is 1.89. The molecule has 0 amide bonds. The number of hydrogen-bond donors (Lipinski definition) is 1. The summed E-state index contributed by atoms with van der Waals surface area (Å²) in [5, 5.41) is 17.4. The maximum Gasteiger partial charge on any atom is 0.361 e. The number of aliphatic hydroxyl groups is 1. The predicted molar refractivity (Wildman–Crippen MR) is 77.7 cm³/mol. The number of ether oxygens (including phenoxy) is 1. The van der Waals surface area contributed by atoms with Gasteiger partial charge in [-0.25, -0.2) is 9.48 Å². The van der Waals surface area contributed by atoms with Crippen molar-refractivity contribution in [3.8, 4) is 11.3 Å². The van der Waals surface area contributed by atoms with Crippen LogP contribution in [0.2, 0.25) is 0 Å². The molecular weight excluding hydrogens is 270 g/mol. The van der Waals surface area contributed by atoms with Gasteiger partial charge in [-0.1, -0.05) is 35.5 Å². The lowest BCUT2D eigenvalue weighted by Crippen LogP contribution is -2.11. The van der Waals surface area contributed by atoms with Crippen LogP contribution in [0.15, 0.2) is 30.3 Å². The van der Waals surface area contributed by atoms with Gasteiger partial charge in [-0.2, -0.15) is 0 Å². The van der Waals surface area contributed by atoms with Crippen LogP contribution >= 0.6 is 0 Å². The molecule has 1 heterocycles. The third-order valence-electron chi connectivity index (χ3n) is 3.01. The molecule has 112 valence electrons. The SMILES string of the molecule is CCOC(=O)c1nnn(CCC(C)O)c1-c1ccccc1. The Morgan fingerprint density at radius 1 is 1.38 bits per heavy atom. The summed E-state index contributed by atoms with van der Waals surface area (Å²) in [5.41, 5.74) is 1.67. The second-order valence-corrected chi connectivity index (χ2v) is 4.73. The Morgan fingerprint density at radius 3 is 2.71 bits per heavy atom. The first kappa shape index (κ1) is 15.2. The quantitative estimate of drug-likeness (QED) is 0.822. The molecule has 0 bridgehead atoms. The Kier molecular flexibility index (Phi) is 5.05. The van der Waals surface area contributed by atoms with Crippen molar-refractivity contribution in [3.63, 3.8) is 0 Å². The van der Waals surface area contributed by atoms with E-state index in [1.165, 1.54) is 0 Å². The molecule has 1 unspecified atom stereocenters. The first-order valence-corrected chi connectivity index (χ1v) is 6.97. The summed E-state index contributed by atoms with van der Waals surface area (Å²) >= 11 is 0. The van der Waals surface area contributed by atoms with Gasteiger partial charge in [-0.3, -0.25) is 0 Å². The molecule has 0 aliphatic carbocycles. The second-order valence-electron chi connectivity index (χ2n) is 4.73. The fraction of sp³-hybridized carbons (Fsp3) is 0.400. The molecule has 0 saturated heterocycles. The minimum Gasteiger partial charge on any atom is -0.461 e. The maximum absolute atomic E-state index is 12.0. The maximum atomic E-state index is 12.0. The molecule has 6 heteroatoms. The summed E-state index contributed by atoms with van der Waals surface area (Å²) in [6.07, 6.45) is 0.0923. The average molecular weight is 289 g/mol. The van der Waals surface area contributed by atoms with Crippen LogP contribution in [0.4, 0.5) is 0 Å². The van der Waals surface area contributed by atoms with Crippen molar-refractivity contribution >= 4 is 5.97 Å². The number of rotatable bonds is 6. The Bertz CT molecular complexity index is 593. The van der Waals surface area contributed by atoms with E-state index in [9.17, 15) is 9.90 Å². The number of carbonyl (C=O) groups is 1. The molecule has 1 N–H and O–H groups in total. The largest absolute Gasteiger partial charge is 0.461 e. The lowest BCUT2D eigenvalue weighted by atomic mass is 10.1. The second kappa shape index (κ2) is 6.99. The Morgan fingerprint density at radius 2 is 2.10 bits per heavy atom. The summed E-state index contributed by atoms with van der Waals surface area (Å²) in [7, 11) is 0. The minimum absolute atomic E-state index is 0.202. The first-order valence-electron chi connectivity index (χ1n) is 6.97. The van der Waals surface area contributed by atoms with Crippen LogP contribution in [-0.4, -0.2) is 38.8 Å². The van der Waals surface area contributed by atoms with Crippen molar-refractivity contribution < 1.29 is 14.6 Å². The number of aromatic nitrogens is 3. The standard InChI is InChI=1S/C15H19N3O3/c1-3-21-15(20)13-14(12-7-5-4-6-8-12)18(17-16-13)10-9-11(2)19/h4-8,11,19H,3,9-10H2,1-2H3. The van der Waals surface area contributed by atoms with Crippen LogP contribution in [0.3, 0.4) is 0 Å². The summed E-state index contributed by atoms with van der Waals surface area (Å²) in [5.74, 6) is -0.486. The number of aliphatic hydroxyl groups excluding tert-OH is 1. The molecule has 1 aromatic heterocycles. The molecule has 0 aliphatic heterocycles. The molecule has 21 heavy (non-hydrogen) atoms. The van der Waals surface area contributed by atoms with Crippen molar-refractivity contribution in [2.45, 2.75) is 32.9 Å². The lowest BCUT2D eigenvalue weighted by molar-refractivity contribution is 0.0520. The molecule has 0 saturated carbocycles. The normalized spacial score (nSPS) is 12.1. The van der Waals surface area contributed by atoms with E-state index < -0.39 is 12.1 Å². The third kappa shape index (κ3) is 3.66. The number of carbonyl (C=O) groups excluding carboxylic acids is 1. The van der Waals surface area contributed by atoms with Gasteiger partial charge in [0.25, 0.3) is 0 Å². The Hall–Kier alpha value is -2.21. The van der Waals surface area contributed by atoms with Crippen LogP contribution in [-0.2, 0) is 11.3 Å². The van der Waals surface area contributed by atoms with Gasteiger partial charge in [0.05, 0.1) is 12.7 Å². The van der Waals surface area contributed by atoms with Gasteiger partial charge in [0, 0.05) is 12.1 Å². The topological polar surface area (TPSA) is 77.2 Å². The third-order valence-corrected chi connectivity index (χ3v) is 3.01. The minimum atomic E-state index is -0.486. The smallest absolute Gasteiger partial charge is 0.361 e. The van der Waals surface area contributed by atoms with Crippen LogP contribution < -0.4 is 0 Å². The first-order chi connectivity index (χ1) is 10.1. The summed E-state index contributed by atoms with van der Waals surface area (Å²) in [6, 6.07) is 9.45. The van der Waals surface area contributed by atoms with Crippen LogP contribution in [0.5, 0.6) is 0 Å². The van der Waals surface area contributed by atoms with Gasteiger partial charge < -0.3 is 9.84 Å². The highest BCUT2D eigenvalue weighted by atomic mass is 16.5. The average Bonchev–Trinajstić information content (AvgIpc) is 2.90. The van der Waals surface area contributed by atoms with Crippen LogP contribution in [0, 0.1) is 0 Å². The lowest BCUT2D eigenvalue weighted by Gasteiger charge is -2.09. The zero-order valence-corrected chi connectivity index (χ0v) is 12.2. The van der Waals surface area contributed by atoms with Crippen LogP contribution in [0.1, 0.15) is 30.8 Å². The van der Waals surface area contributed by atoms with Gasteiger partial charge in [-0.05, 0) is 20.3 Å². The summed E-state index contributed by atoms with van der Waals surface area (Å²) in [4.78, 5) is 12.0. The molecule has 1 atom stereocenters. The zero-order chi connectivity index (χ0) is 15.2. The van der Waals surface area contributed by atoms with E-state index in [1.807, 2.05) is 30.3 Å². The molecule has 0 fully saturated rings. The van der Waals surface area contributed by atoms with E-state index in [0.717, 1.165) is 5.56 Å². The van der Waals surface area contributed by atoms with Gasteiger partial charge in [-0.15, -0.1) is 5.10 Å². The molecule has 6 nitrogen and oxygen atoms in total. The van der Waals surface area contributed by atoms with E-state index in [4.69, 9.17) is 4.74 Å². The molecule has 0 aliphatic rings. The highest BCUT2D eigenvalue weighted by Gasteiger charge is 2.22. The molecule has 0 spiro atoms. The number of esters is 1. The number of aryl methyl sites for hydroxylation is 1. The highest BCUT2D eigenvalue weighted by Crippen LogP contribution is 2.23. The Balaban J connectivity index is 2.40. The highest BCUT2D eigenvalue weighted by molar-refractivity contribution is 5.94. The van der Waals surface area contributed by atoms with Gasteiger partial charge in [0.1, 0.15) is 5.69 Å². The monoisotopic (exact) mass is 289 g/mol. The van der Waals surface area contributed by atoms with Crippen LogP contribution in [0.25, 0.3) is 11.3 Å². The van der Waals surface area contributed by atoms with Crippen molar-refractivity contribution in [1.29, 1.82) is 0 Å². The molecular formula is C15H19N3O3. The van der Waals surface area contributed by atoms with E-state index in [0.29, 0.717) is 18.7 Å². The zero-order valence-electron chi connectivity index (χ0n) is 12.2. The van der Waals surface area contributed by atoms with E-state index >= 15 is 0 Å². The molecule has 2 aromatic rings. The van der Waals surface area contributed by atoms with E-state index in [2.05, 4.69) is 10.3 Å². The van der Waals surface area contributed by atoms with Gasteiger partial charge in [0.15, 0.2) is 5.69 Å². The van der Waals surface area contributed by atoms with Crippen molar-refractivity contribution in [2.75, 3.05) is 6.61 Å². The van der Waals surface area contributed by atoms with Crippen molar-refractivity contribution in [3.05, 3.63) is 36.0 Å². The summed E-state index contributed by atoms with van der Waals surface area (Å²) in [6.45, 7) is 4.23. The fourth-order valence-electron chi connectivity index (χ4n) is 2.00. The molecule has 0 radical (unpaired) electrons. The van der Waals surface area contributed by atoms with Gasteiger partial charge in [0.2, 0.25) is 0 Å². The Labute approximate surface area is 123 Å². The van der Waals surface area contributed by atoms with E-state index in [-0.39, 0.29) is 12.3 Å². The van der Waals surface area contributed by atoms with Crippen molar-refractivity contribution in [1.82, 2.24) is 15.0 Å². The van der Waals surface area contributed by atoms with Crippen molar-refractivity contribution in [2.24, 2.45) is 0 Å². The molecule has 2 rings (SSSR count). The summed E-state index contributed by atoms with van der Waals surface area (Å²) < 4.78 is 6.66. The number of nitrogens with zero attached hydrogens (tertiary/aromatic N) is 3. The number of hydrogen-bond acceptors (Lipinski definition) is 5. The van der Waals surface area contributed by atoms with E-state index in [1.54, 1.807) is 18.5 Å². The molecule has 1 aromatic carbocycles.